The highest BCUT2D eigenvalue weighted by molar-refractivity contribution is 6.90. The maximum atomic E-state index is 17.9. The van der Waals surface area contributed by atoms with Gasteiger partial charge < -0.3 is 24.7 Å². The van der Waals surface area contributed by atoms with E-state index in [0.29, 0.717) is 30.2 Å². The number of anilines is 1. The van der Waals surface area contributed by atoms with E-state index in [-0.39, 0.29) is 82.0 Å². The van der Waals surface area contributed by atoms with Gasteiger partial charge in [-0.25, -0.2) is 22.5 Å². The summed E-state index contributed by atoms with van der Waals surface area (Å²) < 4.78 is 111. The van der Waals surface area contributed by atoms with Crippen molar-refractivity contribution < 1.29 is 39.4 Å². The summed E-state index contributed by atoms with van der Waals surface area (Å²) in [5, 5.41) is 23.1. The zero-order chi connectivity index (χ0) is 46.8. The van der Waals surface area contributed by atoms with Crippen molar-refractivity contribution >= 4 is 35.6 Å². The number of likely N-dealkylation sites (tertiary alicyclic amines) is 1. The Morgan fingerprint density at radius 3 is 2.34 bits per heavy atom. The van der Waals surface area contributed by atoms with Gasteiger partial charge in [0, 0.05) is 40.6 Å². The lowest BCUT2D eigenvalue weighted by molar-refractivity contribution is -0.0679. The Labute approximate surface area is 348 Å². The van der Waals surface area contributed by atoms with Crippen LogP contribution in [0.5, 0.6) is 11.8 Å². The molecule has 8 nitrogen and oxygen atoms in total. The Bertz CT molecular complexity index is 2420. The molecule has 0 spiro atoms. The Balaban J connectivity index is 1.73. The minimum Gasteiger partial charge on any atom is -0.508 e. The predicted molar refractivity (Wildman–Crippen MR) is 226 cm³/mol. The lowest BCUT2D eigenvalue weighted by atomic mass is 9.73. The number of benzene rings is 2. The van der Waals surface area contributed by atoms with Crippen molar-refractivity contribution in [2.24, 2.45) is 11.3 Å². The maximum Gasteiger partial charge on any atom is 0.319 e. The number of rotatable bonds is 10. The number of alkyl halides is 2. The Morgan fingerprint density at radius 2 is 1.72 bits per heavy atom. The molecule has 13 heteroatoms. The van der Waals surface area contributed by atoms with Crippen molar-refractivity contribution in [2.45, 2.75) is 117 Å². The Kier molecular flexibility index (Phi) is 10.6. The fraction of sp³-hybridized carbons (Fsp3) is 0.578. The summed E-state index contributed by atoms with van der Waals surface area (Å²) in [7, 11) is -2.53. The van der Waals surface area contributed by atoms with Gasteiger partial charge in [-0.05, 0) is 97.3 Å². The summed E-state index contributed by atoms with van der Waals surface area (Å²) >= 11 is 0. The highest BCUT2D eigenvalue weighted by Gasteiger charge is 2.45. The number of pyridine rings is 1. The first-order chi connectivity index (χ1) is 29.2. The number of aryl methyl sites for hydroxylation is 1. The van der Waals surface area contributed by atoms with E-state index in [1.807, 2.05) is 0 Å². The van der Waals surface area contributed by atoms with Crippen molar-refractivity contribution in [3.63, 3.8) is 0 Å². The van der Waals surface area contributed by atoms with Gasteiger partial charge in [0.2, 0.25) is 6.43 Å². The summed E-state index contributed by atoms with van der Waals surface area (Å²) in [5.74, 6) is -0.146. The van der Waals surface area contributed by atoms with Crippen LogP contribution in [-0.4, -0.2) is 89.9 Å². The van der Waals surface area contributed by atoms with Crippen LogP contribution >= 0.6 is 0 Å². The van der Waals surface area contributed by atoms with Crippen molar-refractivity contribution in [1.29, 1.82) is 0 Å². The number of nitrogens with zero attached hydrogens (tertiary/aromatic N) is 5. The van der Waals surface area contributed by atoms with E-state index in [1.54, 1.807) is 18.7 Å². The van der Waals surface area contributed by atoms with Crippen LogP contribution in [0.2, 0.25) is 16.6 Å². The number of phenolic OH excluding ortho intramolecular Hbond substituents is 1. The van der Waals surface area contributed by atoms with E-state index in [4.69, 9.17) is 13.8 Å². The average Bonchev–Trinajstić information content (AvgIpc) is 3.17. The van der Waals surface area contributed by atoms with Gasteiger partial charge in [-0.1, -0.05) is 67.4 Å². The number of halogens is 4. The molecule has 3 atom stereocenters. The van der Waals surface area contributed by atoms with E-state index in [9.17, 15) is 21.7 Å². The van der Waals surface area contributed by atoms with Gasteiger partial charge in [0.25, 0.3) is 0 Å². The van der Waals surface area contributed by atoms with Crippen molar-refractivity contribution in [3.8, 4) is 34.5 Å². The summed E-state index contributed by atoms with van der Waals surface area (Å²) in [6.45, 7) is 11.1. The second-order valence-electron chi connectivity index (χ2n) is 17.6. The van der Waals surface area contributed by atoms with Gasteiger partial charge in [-0.2, -0.15) is 9.97 Å². The van der Waals surface area contributed by atoms with Crippen molar-refractivity contribution in [3.05, 3.63) is 47.2 Å². The molecule has 0 aliphatic carbocycles. The molecule has 4 aromatic rings. The molecule has 0 radical (unpaired) electrons. The van der Waals surface area contributed by atoms with Gasteiger partial charge in [-0.3, -0.25) is 0 Å². The van der Waals surface area contributed by atoms with Crippen LogP contribution in [0.3, 0.4) is 0 Å². The largest absolute Gasteiger partial charge is 0.508 e. The number of phenols is 1. The van der Waals surface area contributed by atoms with Crippen LogP contribution in [-0.2, 0) is 6.42 Å². The van der Waals surface area contributed by atoms with Crippen LogP contribution in [0.15, 0.2) is 24.3 Å². The summed E-state index contributed by atoms with van der Waals surface area (Å²) in [6.07, 6.45) is -2.27. The molecular formula is C45H59F4N5O3Si. The summed E-state index contributed by atoms with van der Waals surface area (Å²) in [6, 6.07) is 4.73. The topological polar surface area (TPSA) is 94.8 Å². The quantitative estimate of drug-likeness (QED) is 0.0928. The zero-order valence-electron chi connectivity index (χ0n) is 39.9. The molecule has 2 aliphatic rings. The third-order valence-corrected chi connectivity index (χ3v) is 18.8. The number of aromatic hydroxyl groups is 1. The molecule has 314 valence electrons. The van der Waals surface area contributed by atoms with E-state index in [1.165, 1.54) is 31.2 Å². The molecule has 58 heavy (non-hydrogen) atoms. The van der Waals surface area contributed by atoms with Gasteiger partial charge >= 0.3 is 6.01 Å². The van der Waals surface area contributed by atoms with Gasteiger partial charge in [-0.15, -0.1) is 5.54 Å². The number of hydrogen-bond donors (Lipinski definition) is 2. The van der Waals surface area contributed by atoms with E-state index in [0.717, 1.165) is 4.90 Å². The number of aliphatic hydroxyl groups is 1. The first kappa shape index (κ1) is 37.0. The molecule has 2 saturated heterocycles. The molecule has 2 aliphatic heterocycles. The lowest BCUT2D eigenvalue weighted by Gasteiger charge is -2.44. The molecule has 0 bridgehead atoms. The second-order valence-corrected chi connectivity index (χ2v) is 23.2. The first-order valence-electron chi connectivity index (χ1n) is 22.8. The minimum absolute atomic E-state index is 0.000594. The van der Waals surface area contributed by atoms with Crippen LogP contribution in [0.4, 0.5) is 23.4 Å². The lowest BCUT2D eigenvalue weighted by Crippen LogP contribution is -2.51. The first-order valence-corrected chi connectivity index (χ1v) is 22.5. The SMILES string of the molecule is [2H]C([2H])([2H])N1CC[C@H](C(F)F)[C@](C)(C([2H])([2H])Oc2nc(N3CCC[C@@](C)(O)C3)c3c(C#C[Si](C(C)C)(C(C)C)C(C)C)nc(-c4cc(O)cc5ccc(F)c(CC)c45)c(F)c3n2)C1. The standard InChI is InChI=1S/C45H59F4N5O3Si/c1-11-31-34(46)14-13-29-21-30(55)22-32(36(29)31)39-38(47)40-37(35(50-39)16-20-58(26(2)3,27(4)5)28(6)7)42(54-18-12-17-45(9,56)24-54)52-43(51-40)57-25-44(8)23-53(10)19-15-33(44)41(48)49/h13-14,21-22,26-28,33,41,55-56H,11-12,15,17-19,23-25H2,1-10H3/t33-,44+,45-/m1/s1/i10D3,25D2. The van der Waals surface area contributed by atoms with E-state index in [2.05, 4.69) is 63.0 Å². The molecule has 0 amide bonds. The maximum absolute atomic E-state index is 17.9. The van der Waals surface area contributed by atoms with Crippen LogP contribution in [0.1, 0.15) is 99.7 Å². The van der Waals surface area contributed by atoms with Crippen molar-refractivity contribution in [1.82, 2.24) is 19.9 Å². The molecule has 0 saturated carbocycles. The monoisotopic (exact) mass is 826 g/mol. The van der Waals surface area contributed by atoms with Gasteiger partial charge in [0.1, 0.15) is 42.4 Å². The zero-order valence-corrected chi connectivity index (χ0v) is 35.9. The number of hydrogen-bond acceptors (Lipinski definition) is 8. The molecule has 2 aromatic carbocycles. The third kappa shape index (κ3) is 8.13. The summed E-state index contributed by atoms with van der Waals surface area (Å²) in [4.78, 5) is 16.7. The van der Waals surface area contributed by atoms with Crippen LogP contribution < -0.4 is 9.64 Å². The second kappa shape index (κ2) is 16.6. The number of fused-ring (bicyclic) bond motifs is 2. The average molecular weight is 827 g/mol. The van der Waals surface area contributed by atoms with Crippen molar-refractivity contribution in [2.75, 3.05) is 44.6 Å². The summed E-state index contributed by atoms with van der Waals surface area (Å²) in [5.41, 5.74) is 0.383. The number of ether oxygens (including phenoxy) is 1. The Morgan fingerprint density at radius 1 is 1.02 bits per heavy atom. The van der Waals surface area contributed by atoms with Gasteiger partial charge in [0.05, 0.1) is 20.3 Å². The minimum atomic E-state index is -3.06. The van der Waals surface area contributed by atoms with Gasteiger partial charge in [0.15, 0.2) is 5.82 Å². The van der Waals surface area contributed by atoms with Crippen LogP contribution in [0.25, 0.3) is 32.9 Å². The predicted octanol–water partition coefficient (Wildman–Crippen LogP) is 9.91. The molecular weight excluding hydrogens is 763 g/mol. The fourth-order valence-electron chi connectivity index (χ4n) is 9.59. The van der Waals surface area contributed by atoms with E-state index < -0.39 is 74.7 Å². The fourth-order valence-corrected chi connectivity index (χ4v) is 14.8. The number of β-amino-alcohol motifs (C(OH)–C–C–N with tert-alkyl or cyclic N) is 1. The number of piperidine rings is 2. The molecule has 4 heterocycles. The molecule has 6 rings (SSSR count). The Hall–Kier alpha value is -3.99. The molecule has 2 fully saturated rings. The van der Waals surface area contributed by atoms with Crippen LogP contribution in [0, 0.1) is 34.4 Å². The normalized spacial score (nSPS) is 23.9. The van der Waals surface area contributed by atoms with E-state index >= 15 is 8.78 Å². The third-order valence-electron chi connectivity index (χ3n) is 12.5. The number of aromatic nitrogens is 3. The smallest absolute Gasteiger partial charge is 0.319 e. The molecule has 2 N–H and O–H groups in total. The highest BCUT2D eigenvalue weighted by Crippen LogP contribution is 2.44. The molecule has 0 unspecified atom stereocenters. The molecule has 2 aromatic heterocycles. The highest BCUT2D eigenvalue weighted by atomic mass is 28.3.